The number of rotatable bonds is 3. The zero-order chi connectivity index (χ0) is 17.4. The van der Waals surface area contributed by atoms with E-state index in [1.807, 2.05) is 32.2 Å². The topological polar surface area (TPSA) is 84.7 Å². The van der Waals surface area contributed by atoms with Gasteiger partial charge in [-0.05, 0) is 50.8 Å². The molecule has 25 heavy (non-hydrogen) atoms. The predicted molar refractivity (Wildman–Crippen MR) is 97.8 cm³/mol. The van der Waals surface area contributed by atoms with Crippen molar-refractivity contribution >= 4 is 34.1 Å². The molecule has 0 spiro atoms. The molecule has 1 aliphatic carbocycles. The Balaban J connectivity index is 1.42. The number of amides is 2. The normalized spacial score (nSPS) is 15.0. The van der Waals surface area contributed by atoms with Crippen molar-refractivity contribution in [3.63, 3.8) is 0 Å². The largest absolute Gasteiger partial charge is 0.329 e. The van der Waals surface area contributed by atoms with E-state index in [4.69, 9.17) is 4.98 Å². The fourth-order valence-electron chi connectivity index (χ4n) is 3.10. The minimum absolute atomic E-state index is 0.115. The van der Waals surface area contributed by atoms with Crippen molar-refractivity contribution in [3.8, 4) is 0 Å². The summed E-state index contributed by atoms with van der Waals surface area (Å²) in [6, 6.07) is 5.19. The standard InChI is InChI=1S/C17H20N6OS/c1-10(16-20-12-5-3-4-6-15(12)25-16)18-17(24)19-11-7-8-14-13(9-11)21-22-23(14)2/h7-10H,3-6H2,1-2H3,(H2,18,19,24)/t10-/m1/s1. The van der Waals surface area contributed by atoms with Crippen LogP contribution in [0.25, 0.3) is 11.0 Å². The van der Waals surface area contributed by atoms with Gasteiger partial charge in [-0.1, -0.05) is 5.21 Å². The van der Waals surface area contributed by atoms with Gasteiger partial charge in [-0.3, -0.25) is 0 Å². The molecule has 8 heteroatoms. The van der Waals surface area contributed by atoms with Gasteiger partial charge in [-0.15, -0.1) is 16.4 Å². The SMILES string of the molecule is C[C@@H](NC(=O)Nc1ccc2c(c1)nnn2C)c1nc2c(s1)CCCC2. The summed E-state index contributed by atoms with van der Waals surface area (Å²) < 4.78 is 1.70. The van der Waals surface area contributed by atoms with Gasteiger partial charge in [-0.25, -0.2) is 14.5 Å². The average molecular weight is 356 g/mol. The van der Waals surface area contributed by atoms with Gasteiger partial charge in [0, 0.05) is 17.6 Å². The van der Waals surface area contributed by atoms with Crippen molar-refractivity contribution < 1.29 is 4.79 Å². The number of urea groups is 1. The summed E-state index contributed by atoms with van der Waals surface area (Å²) in [6.45, 7) is 1.97. The van der Waals surface area contributed by atoms with E-state index in [0.29, 0.717) is 5.69 Å². The molecular formula is C17H20N6OS. The molecule has 0 fully saturated rings. The summed E-state index contributed by atoms with van der Waals surface area (Å²) in [5, 5.41) is 14.8. The molecule has 3 aromatic rings. The lowest BCUT2D eigenvalue weighted by atomic mass is 10.0. The third-order valence-electron chi connectivity index (χ3n) is 4.45. The second kappa shape index (κ2) is 6.44. The second-order valence-corrected chi connectivity index (χ2v) is 7.48. The van der Waals surface area contributed by atoms with Crippen LogP contribution in [0.4, 0.5) is 10.5 Å². The lowest BCUT2D eigenvalue weighted by Crippen LogP contribution is -2.31. The summed E-state index contributed by atoms with van der Waals surface area (Å²) in [7, 11) is 1.84. The highest BCUT2D eigenvalue weighted by molar-refractivity contribution is 7.11. The Morgan fingerprint density at radius 1 is 1.32 bits per heavy atom. The summed E-state index contributed by atoms with van der Waals surface area (Å²) in [5.74, 6) is 0. The Morgan fingerprint density at radius 3 is 3.00 bits per heavy atom. The van der Waals surface area contributed by atoms with E-state index < -0.39 is 0 Å². The number of carbonyl (C=O) groups is 1. The Bertz CT molecular complexity index is 907. The number of anilines is 1. The maximum atomic E-state index is 12.3. The van der Waals surface area contributed by atoms with Crippen LogP contribution in [0.5, 0.6) is 0 Å². The molecular weight excluding hydrogens is 336 g/mol. The Kier molecular flexibility index (Phi) is 4.12. The monoisotopic (exact) mass is 356 g/mol. The minimum atomic E-state index is -0.246. The third-order valence-corrected chi connectivity index (χ3v) is 5.79. The molecule has 130 valence electrons. The third kappa shape index (κ3) is 3.21. The molecule has 0 saturated carbocycles. The van der Waals surface area contributed by atoms with Crippen molar-refractivity contribution in [1.29, 1.82) is 0 Å². The van der Waals surface area contributed by atoms with Crippen molar-refractivity contribution in [2.45, 2.75) is 38.6 Å². The van der Waals surface area contributed by atoms with Gasteiger partial charge in [0.25, 0.3) is 0 Å². The Hall–Kier alpha value is -2.48. The van der Waals surface area contributed by atoms with E-state index in [0.717, 1.165) is 28.9 Å². The number of aromatic nitrogens is 4. The highest BCUT2D eigenvalue weighted by Gasteiger charge is 2.19. The van der Waals surface area contributed by atoms with E-state index in [2.05, 4.69) is 20.9 Å². The number of aryl methyl sites for hydroxylation is 3. The molecule has 1 aromatic carbocycles. The molecule has 1 aliphatic rings. The maximum Gasteiger partial charge on any atom is 0.319 e. The average Bonchev–Trinajstić information content (AvgIpc) is 3.18. The minimum Gasteiger partial charge on any atom is -0.329 e. The molecule has 0 aliphatic heterocycles. The number of fused-ring (bicyclic) bond motifs is 2. The number of hydrogen-bond acceptors (Lipinski definition) is 5. The van der Waals surface area contributed by atoms with Gasteiger partial charge >= 0.3 is 6.03 Å². The Morgan fingerprint density at radius 2 is 2.16 bits per heavy atom. The van der Waals surface area contributed by atoms with Gasteiger partial charge in [0.15, 0.2) is 0 Å². The molecule has 2 aromatic heterocycles. The van der Waals surface area contributed by atoms with E-state index >= 15 is 0 Å². The highest BCUT2D eigenvalue weighted by Crippen LogP contribution is 2.29. The van der Waals surface area contributed by atoms with Gasteiger partial charge in [0.1, 0.15) is 10.5 Å². The summed E-state index contributed by atoms with van der Waals surface area (Å²) in [5.41, 5.74) is 3.58. The van der Waals surface area contributed by atoms with E-state index in [-0.39, 0.29) is 12.1 Å². The van der Waals surface area contributed by atoms with E-state index in [9.17, 15) is 4.79 Å². The van der Waals surface area contributed by atoms with Crippen molar-refractivity contribution in [3.05, 3.63) is 33.8 Å². The second-order valence-electron chi connectivity index (χ2n) is 6.37. The predicted octanol–water partition coefficient (Wildman–Crippen LogP) is 3.19. The first-order chi connectivity index (χ1) is 12.1. The summed E-state index contributed by atoms with van der Waals surface area (Å²) >= 11 is 1.72. The molecule has 0 bridgehead atoms. The van der Waals surface area contributed by atoms with E-state index in [1.165, 1.54) is 23.4 Å². The number of nitrogens with zero attached hydrogens (tertiary/aromatic N) is 4. The van der Waals surface area contributed by atoms with Crippen LogP contribution in [0.1, 0.15) is 41.4 Å². The van der Waals surface area contributed by atoms with Crippen LogP contribution in [-0.4, -0.2) is 26.0 Å². The van der Waals surface area contributed by atoms with E-state index in [1.54, 1.807) is 16.0 Å². The zero-order valence-electron chi connectivity index (χ0n) is 14.2. The van der Waals surface area contributed by atoms with Crippen LogP contribution < -0.4 is 10.6 Å². The van der Waals surface area contributed by atoms with Crippen LogP contribution in [0.2, 0.25) is 0 Å². The van der Waals surface area contributed by atoms with Crippen LogP contribution in [0, 0.1) is 0 Å². The molecule has 2 heterocycles. The summed E-state index contributed by atoms with van der Waals surface area (Å²) in [6.07, 6.45) is 4.62. The first-order valence-corrected chi connectivity index (χ1v) is 9.27. The van der Waals surface area contributed by atoms with Crippen LogP contribution in [-0.2, 0) is 19.9 Å². The number of nitrogens with one attached hydrogen (secondary N) is 2. The van der Waals surface area contributed by atoms with Gasteiger partial charge in [0.2, 0.25) is 0 Å². The molecule has 2 amide bonds. The zero-order valence-corrected chi connectivity index (χ0v) is 15.1. The quantitative estimate of drug-likeness (QED) is 0.755. The smallest absolute Gasteiger partial charge is 0.319 e. The number of thiazole rings is 1. The molecule has 7 nitrogen and oxygen atoms in total. The molecule has 0 unspecified atom stereocenters. The molecule has 1 atom stereocenters. The highest BCUT2D eigenvalue weighted by atomic mass is 32.1. The maximum absolute atomic E-state index is 12.3. The number of carbonyl (C=O) groups excluding carboxylic acids is 1. The molecule has 0 radical (unpaired) electrons. The van der Waals surface area contributed by atoms with Crippen LogP contribution >= 0.6 is 11.3 Å². The Labute approximate surface area is 149 Å². The van der Waals surface area contributed by atoms with Crippen LogP contribution in [0.15, 0.2) is 18.2 Å². The van der Waals surface area contributed by atoms with Crippen molar-refractivity contribution in [1.82, 2.24) is 25.3 Å². The molecule has 4 rings (SSSR count). The number of benzene rings is 1. The van der Waals surface area contributed by atoms with Crippen molar-refractivity contribution in [2.24, 2.45) is 7.05 Å². The van der Waals surface area contributed by atoms with Crippen molar-refractivity contribution in [2.75, 3.05) is 5.32 Å². The fraction of sp³-hybridized carbons (Fsp3) is 0.412. The lowest BCUT2D eigenvalue weighted by molar-refractivity contribution is 0.249. The van der Waals surface area contributed by atoms with Crippen LogP contribution in [0.3, 0.4) is 0 Å². The van der Waals surface area contributed by atoms with Gasteiger partial charge in [-0.2, -0.15) is 0 Å². The fourth-order valence-corrected chi connectivity index (χ4v) is 4.26. The van der Waals surface area contributed by atoms with Gasteiger partial charge in [0.05, 0.1) is 17.3 Å². The van der Waals surface area contributed by atoms with Gasteiger partial charge < -0.3 is 10.6 Å². The first-order valence-electron chi connectivity index (χ1n) is 8.45. The molecule has 0 saturated heterocycles. The summed E-state index contributed by atoms with van der Waals surface area (Å²) in [4.78, 5) is 18.4. The molecule has 2 N–H and O–H groups in total. The number of hydrogen-bond donors (Lipinski definition) is 2. The lowest BCUT2D eigenvalue weighted by Gasteiger charge is -2.12. The first kappa shape index (κ1) is 16.0.